The van der Waals surface area contributed by atoms with Crippen LogP contribution in [0.25, 0.3) is 22.3 Å². The van der Waals surface area contributed by atoms with E-state index in [2.05, 4.69) is 31.1 Å². The fraction of sp³-hybridized carbons (Fsp3) is 0.250. The van der Waals surface area contributed by atoms with E-state index in [0.29, 0.717) is 16.0 Å². The van der Waals surface area contributed by atoms with Crippen molar-refractivity contribution in [3.8, 4) is 11.8 Å². The lowest BCUT2D eigenvalue weighted by Gasteiger charge is -2.20. The monoisotopic (exact) mass is 491 g/mol. The van der Waals surface area contributed by atoms with Gasteiger partial charge in [0.2, 0.25) is 5.95 Å². The van der Waals surface area contributed by atoms with Crippen LogP contribution in [0, 0.1) is 11.3 Å². The van der Waals surface area contributed by atoms with Crippen LogP contribution in [-0.2, 0) is 0 Å². The smallest absolute Gasteiger partial charge is 0.232 e. The minimum absolute atomic E-state index is 0.0806. The number of anilines is 1. The van der Waals surface area contributed by atoms with Gasteiger partial charge in [0.15, 0.2) is 11.0 Å². The molecule has 0 bridgehead atoms. The fourth-order valence-electron chi connectivity index (χ4n) is 4.02. The summed E-state index contributed by atoms with van der Waals surface area (Å²) in [5.74, 6) is 0.975. The standard InChI is InChI=1S/C24H22ClN7OS/c1-15(21(33)16(14-26)22-27-18-9-3-4-10-19(18)28-22)34-24-30-29-23(31-12-6-7-13-31)32(24)20-11-5-2-8-17(20)25/h2-5,8-11,15,33H,6-7,12-13H2,1H3,(H,27,28)/b21-16-. The van der Waals surface area contributed by atoms with Gasteiger partial charge in [-0.05, 0) is 44.0 Å². The van der Waals surface area contributed by atoms with Crippen LogP contribution in [0.1, 0.15) is 25.6 Å². The number of thioether (sulfide) groups is 1. The molecule has 3 heterocycles. The van der Waals surface area contributed by atoms with E-state index in [0.717, 1.165) is 48.6 Å². The molecule has 1 aliphatic heterocycles. The van der Waals surface area contributed by atoms with Gasteiger partial charge in [-0.15, -0.1) is 10.2 Å². The number of nitrogens with one attached hydrogen (secondary N) is 1. The first kappa shape index (κ1) is 22.3. The van der Waals surface area contributed by atoms with Crippen molar-refractivity contribution in [3.05, 3.63) is 65.1 Å². The van der Waals surface area contributed by atoms with Gasteiger partial charge in [-0.1, -0.05) is 47.6 Å². The summed E-state index contributed by atoms with van der Waals surface area (Å²) >= 11 is 7.85. The van der Waals surface area contributed by atoms with Crippen LogP contribution in [0.5, 0.6) is 0 Å². The lowest BCUT2D eigenvalue weighted by atomic mass is 10.2. The van der Waals surface area contributed by atoms with E-state index in [9.17, 15) is 10.4 Å². The summed E-state index contributed by atoms with van der Waals surface area (Å²) < 4.78 is 1.93. The number of rotatable bonds is 6. The van der Waals surface area contributed by atoms with Crippen molar-refractivity contribution in [2.24, 2.45) is 0 Å². The maximum absolute atomic E-state index is 11.0. The zero-order chi connectivity index (χ0) is 23.7. The summed E-state index contributed by atoms with van der Waals surface area (Å²) in [5.41, 5.74) is 2.39. The van der Waals surface area contributed by atoms with Crippen molar-refractivity contribution in [1.82, 2.24) is 24.7 Å². The molecule has 1 saturated heterocycles. The van der Waals surface area contributed by atoms with Crippen LogP contribution >= 0.6 is 23.4 Å². The maximum Gasteiger partial charge on any atom is 0.232 e. The molecular formula is C24H22ClN7OS. The Morgan fingerprint density at radius 2 is 1.88 bits per heavy atom. The predicted octanol–water partition coefficient (Wildman–Crippen LogP) is 5.37. The van der Waals surface area contributed by atoms with E-state index in [4.69, 9.17) is 11.6 Å². The molecule has 4 aromatic rings. The lowest BCUT2D eigenvalue weighted by molar-refractivity contribution is 0.401. The average Bonchev–Trinajstić information content (AvgIpc) is 3.59. The second-order valence-corrected chi connectivity index (χ2v) is 9.71. The number of H-pyrrole nitrogens is 1. The van der Waals surface area contributed by atoms with E-state index in [1.807, 2.05) is 60.0 Å². The zero-order valence-corrected chi connectivity index (χ0v) is 20.0. The van der Waals surface area contributed by atoms with E-state index < -0.39 is 5.25 Å². The number of para-hydroxylation sites is 3. The highest BCUT2D eigenvalue weighted by Crippen LogP contribution is 2.35. The number of nitriles is 1. The number of nitrogens with zero attached hydrogens (tertiary/aromatic N) is 6. The third-order valence-electron chi connectivity index (χ3n) is 5.76. The number of allylic oxidation sites excluding steroid dienone is 1. The van der Waals surface area contributed by atoms with Crippen molar-refractivity contribution in [2.45, 2.75) is 30.2 Å². The number of aromatic amines is 1. The molecule has 0 spiro atoms. The van der Waals surface area contributed by atoms with Crippen LogP contribution in [0.4, 0.5) is 5.95 Å². The summed E-state index contributed by atoms with van der Waals surface area (Å²) in [6.45, 7) is 3.62. The molecule has 2 N–H and O–H groups in total. The van der Waals surface area contributed by atoms with E-state index in [1.165, 1.54) is 11.8 Å². The number of aliphatic hydroxyl groups excluding tert-OH is 1. The molecule has 1 unspecified atom stereocenters. The second kappa shape index (κ2) is 9.41. The number of halogens is 1. The van der Waals surface area contributed by atoms with Crippen molar-refractivity contribution in [1.29, 1.82) is 5.26 Å². The first-order chi connectivity index (χ1) is 16.6. The van der Waals surface area contributed by atoms with Gasteiger partial charge in [0, 0.05) is 13.1 Å². The van der Waals surface area contributed by atoms with Crippen LogP contribution in [0.15, 0.2) is 59.4 Å². The minimum Gasteiger partial charge on any atom is -0.510 e. The maximum atomic E-state index is 11.0. The fourth-order valence-corrected chi connectivity index (χ4v) is 5.16. The average molecular weight is 492 g/mol. The minimum atomic E-state index is -0.486. The molecule has 1 fully saturated rings. The van der Waals surface area contributed by atoms with Gasteiger partial charge in [-0.3, -0.25) is 4.57 Å². The molecule has 1 aliphatic rings. The van der Waals surface area contributed by atoms with Crippen LogP contribution in [-0.4, -0.2) is 48.2 Å². The van der Waals surface area contributed by atoms with Gasteiger partial charge in [-0.2, -0.15) is 5.26 Å². The number of benzene rings is 2. The number of aliphatic hydroxyl groups is 1. The van der Waals surface area contributed by atoms with E-state index >= 15 is 0 Å². The predicted molar refractivity (Wildman–Crippen MR) is 134 cm³/mol. The highest BCUT2D eigenvalue weighted by Gasteiger charge is 2.26. The Morgan fingerprint density at radius 1 is 1.15 bits per heavy atom. The lowest BCUT2D eigenvalue weighted by Crippen LogP contribution is -2.22. The van der Waals surface area contributed by atoms with Crippen molar-refractivity contribution in [2.75, 3.05) is 18.0 Å². The van der Waals surface area contributed by atoms with Gasteiger partial charge in [-0.25, -0.2) is 4.98 Å². The van der Waals surface area contributed by atoms with Crippen LogP contribution < -0.4 is 4.90 Å². The quantitative estimate of drug-likeness (QED) is 0.212. The summed E-state index contributed by atoms with van der Waals surface area (Å²) in [4.78, 5) is 9.77. The molecule has 10 heteroatoms. The van der Waals surface area contributed by atoms with Gasteiger partial charge >= 0.3 is 0 Å². The Bertz CT molecular complexity index is 1380. The molecule has 8 nitrogen and oxygen atoms in total. The third-order valence-corrected chi connectivity index (χ3v) is 7.13. The van der Waals surface area contributed by atoms with E-state index in [-0.39, 0.29) is 11.3 Å². The molecule has 0 saturated carbocycles. The van der Waals surface area contributed by atoms with Crippen LogP contribution in [0.3, 0.4) is 0 Å². The van der Waals surface area contributed by atoms with Gasteiger partial charge in [0.05, 0.1) is 27.0 Å². The Balaban J connectivity index is 1.52. The number of fused-ring (bicyclic) bond motifs is 1. The van der Waals surface area contributed by atoms with Crippen LogP contribution in [0.2, 0.25) is 5.02 Å². The number of hydrogen-bond acceptors (Lipinski definition) is 7. The molecule has 2 aromatic heterocycles. The first-order valence-corrected chi connectivity index (χ1v) is 12.2. The van der Waals surface area contributed by atoms with E-state index in [1.54, 1.807) is 0 Å². The Morgan fingerprint density at radius 3 is 2.62 bits per heavy atom. The molecular weight excluding hydrogens is 470 g/mol. The van der Waals surface area contributed by atoms with Crippen molar-refractivity contribution >= 4 is 45.9 Å². The summed E-state index contributed by atoms with van der Waals surface area (Å²) in [6.07, 6.45) is 2.20. The molecule has 0 amide bonds. The highest BCUT2D eigenvalue weighted by atomic mass is 35.5. The van der Waals surface area contributed by atoms with Crippen molar-refractivity contribution < 1.29 is 5.11 Å². The first-order valence-electron chi connectivity index (χ1n) is 11.0. The number of hydrogen-bond donors (Lipinski definition) is 2. The highest BCUT2D eigenvalue weighted by molar-refractivity contribution is 8.00. The molecule has 34 heavy (non-hydrogen) atoms. The molecule has 5 rings (SSSR count). The summed E-state index contributed by atoms with van der Waals surface area (Å²) in [7, 11) is 0. The topological polar surface area (TPSA) is 107 Å². The molecule has 2 aromatic carbocycles. The zero-order valence-electron chi connectivity index (χ0n) is 18.4. The normalized spacial score (nSPS) is 15.4. The van der Waals surface area contributed by atoms with Gasteiger partial charge in [0.25, 0.3) is 0 Å². The molecule has 0 aliphatic carbocycles. The summed E-state index contributed by atoms with van der Waals surface area (Å²) in [6, 6.07) is 17.1. The summed E-state index contributed by atoms with van der Waals surface area (Å²) in [5, 5.41) is 30.4. The van der Waals surface area contributed by atoms with Gasteiger partial charge in [0.1, 0.15) is 17.4 Å². The Hall–Kier alpha value is -3.48. The molecule has 0 radical (unpaired) electrons. The molecule has 172 valence electrons. The largest absolute Gasteiger partial charge is 0.510 e. The van der Waals surface area contributed by atoms with Crippen molar-refractivity contribution in [3.63, 3.8) is 0 Å². The number of imidazole rings is 1. The Labute approximate surface area is 205 Å². The number of aromatic nitrogens is 5. The van der Waals surface area contributed by atoms with Gasteiger partial charge < -0.3 is 15.0 Å². The SMILES string of the molecule is CC(Sc1nnc(N2CCCC2)n1-c1ccccc1Cl)/C(O)=C(\C#N)c1nc2ccccc2[nH]1. The third kappa shape index (κ3) is 4.11. The second-order valence-electron chi connectivity index (χ2n) is 8.00. The molecule has 1 atom stereocenters. The Kier molecular flexibility index (Phi) is 6.18.